The van der Waals surface area contributed by atoms with Crippen LogP contribution >= 0.6 is 11.6 Å². The lowest BCUT2D eigenvalue weighted by Crippen LogP contribution is -2.03. The summed E-state index contributed by atoms with van der Waals surface area (Å²) in [5, 5.41) is 8.16. The topological polar surface area (TPSA) is 37.3 Å². The van der Waals surface area contributed by atoms with Crippen molar-refractivity contribution < 1.29 is 18.7 Å². The predicted octanol–water partition coefficient (Wildman–Crippen LogP) is 2.72. The zero-order valence-corrected chi connectivity index (χ0v) is 7.61. The summed E-state index contributed by atoms with van der Waals surface area (Å²) < 4.78 is 26.2. The fraction of sp³-hybridized carbons (Fsp3) is 0. The van der Waals surface area contributed by atoms with Crippen molar-refractivity contribution in [3.05, 3.63) is 40.9 Å². The maximum Gasteiger partial charge on any atom is 0.335 e. The minimum atomic E-state index is -1.50. The van der Waals surface area contributed by atoms with Gasteiger partial charge < -0.3 is 5.11 Å². The highest BCUT2D eigenvalue weighted by molar-refractivity contribution is 6.31. The molecular formula is C9H5ClF2O2. The lowest BCUT2D eigenvalue weighted by molar-refractivity contribution is -0.130. The Kier molecular flexibility index (Phi) is 2.86. The Balaban J connectivity index is 3.40. The van der Waals surface area contributed by atoms with E-state index in [4.69, 9.17) is 16.7 Å². The maximum atomic E-state index is 13.2. The average Bonchev–Trinajstić information content (AvgIpc) is 2.12. The van der Waals surface area contributed by atoms with Crippen molar-refractivity contribution in [2.45, 2.75) is 0 Å². The van der Waals surface area contributed by atoms with Crippen LogP contribution in [0, 0.1) is 11.6 Å². The van der Waals surface area contributed by atoms with Gasteiger partial charge in [0.05, 0.1) is 16.2 Å². The molecule has 0 spiro atoms. The number of carbonyl (C=O) groups is 1. The number of carboxylic acids is 1. The Bertz CT molecular complexity index is 416. The molecule has 0 aliphatic rings. The van der Waals surface area contributed by atoms with E-state index in [-0.39, 0.29) is 5.02 Å². The summed E-state index contributed by atoms with van der Waals surface area (Å²) in [5.41, 5.74) is -1.37. The van der Waals surface area contributed by atoms with Gasteiger partial charge in [-0.25, -0.2) is 13.6 Å². The monoisotopic (exact) mass is 218 g/mol. The molecule has 74 valence electrons. The molecular weight excluding hydrogens is 214 g/mol. The van der Waals surface area contributed by atoms with Crippen LogP contribution in [0.1, 0.15) is 5.56 Å². The predicted molar refractivity (Wildman–Crippen MR) is 48.0 cm³/mol. The van der Waals surface area contributed by atoms with Crippen LogP contribution in [0.15, 0.2) is 18.7 Å². The first-order valence-corrected chi connectivity index (χ1v) is 3.89. The van der Waals surface area contributed by atoms with Crippen LogP contribution in [-0.4, -0.2) is 11.1 Å². The molecule has 1 N–H and O–H groups in total. The second-order valence-corrected chi connectivity index (χ2v) is 2.91. The molecule has 0 aliphatic carbocycles. The first kappa shape index (κ1) is 10.7. The Hall–Kier alpha value is -1.42. The quantitative estimate of drug-likeness (QED) is 0.612. The van der Waals surface area contributed by atoms with Crippen molar-refractivity contribution >= 4 is 23.1 Å². The van der Waals surface area contributed by atoms with Gasteiger partial charge in [-0.2, -0.15) is 0 Å². The van der Waals surface area contributed by atoms with Crippen molar-refractivity contribution in [1.29, 1.82) is 0 Å². The average molecular weight is 219 g/mol. The van der Waals surface area contributed by atoms with Crippen molar-refractivity contribution in [1.82, 2.24) is 0 Å². The van der Waals surface area contributed by atoms with Gasteiger partial charge in [0.1, 0.15) is 5.82 Å². The third-order valence-electron chi connectivity index (χ3n) is 1.60. The molecule has 1 aromatic carbocycles. The van der Waals surface area contributed by atoms with Gasteiger partial charge in [-0.05, 0) is 12.1 Å². The van der Waals surface area contributed by atoms with E-state index in [1.165, 1.54) is 0 Å². The lowest BCUT2D eigenvalue weighted by Gasteiger charge is -2.05. The first-order chi connectivity index (χ1) is 6.45. The highest BCUT2D eigenvalue weighted by Gasteiger charge is 2.19. The molecule has 1 aromatic rings. The van der Waals surface area contributed by atoms with Crippen LogP contribution in [0.25, 0.3) is 5.57 Å². The van der Waals surface area contributed by atoms with E-state index in [2.05, 4.69) is 6.58 Å². The van der Waals surface area contributed by atoms with Gasteiger partial charge in [0.2, 0.25) is 0 Å². The molecule has 0 atom stereocenters. The largest absolute Gasteiger partial charge is 0.478 e. The fourth-order valence-electron chi connectivity index (χ4n) is 0.911. The second kappa shape index (κ2) is 3.75. The molecule has 1 rings (SSSR count). The molecule has 0 radical (unpaired) electrons. The third-order valence-corrected chi connectivity index (χ3v) is 1.90. The summed E-state index contributed by atoms with van der Waals surface area (Å²) in [7, 11) is 0. The summed E-state index contributed by atoms with van der Waals surface area (Å²) in [6.07, 6.45) is 0. The highest BCUT2D eigenvalue weighted by Crippen LogP contribution is 2.26. The van der Waals surface area contributed by atoms with Gasteiger partial charge in [-0.15, -0.1) is 0 Å². The summed E-state index contributed by atoms with van der Waals surface area (Å²) in [6, 6.07) is 1.89. The highest BCUT2D eigenvalue weighted by atomic mass is 35.5. The minimum Gasteiger partial charge on any atom is -0.478 e. The Labute approximate surface area is 83.4 Å². The van der Waals surface area contributed by atoms with Crippen molar-refractivity contribution in [3.8, 4) is 0 Å². The molecule has 14 heavy (non-hydrogen) atoms. The standard InChI is InChI=1S/C9H5ClF2O2/c1-4(9(13)14)7-6(11)3-2-5(10)8(7)12/h2-3H,1H2,(H,13,14). The summed E-state index contributed by atoms with van der Waals surface area (Å²) in [4.78, 5) is 10.4. The molecule has 0 saturated carbocycles. The Morgan fingerprint density at radius 2 is 2.00 bits per heavy atom. The van der Waals surface area contributed by atoms with Gasteiger partial charge in [0.25, 0.3) is 0 Å². The Morgan fingerprint density at radius 3 is 2.50 bits per heavy atom. The van der Waals surface area contributed by atoms with Crippen LogP contribution in [0.4, 0.5) is 8.78 Å². The van der Waals surface area contributed by atoms with Crippen molar-refractivity contribution in [2.75, 3.05) is 0 Å². The smallest absolute Gasteiger partial charge is 0.335 e. The molecule has 2 nitrogen and oxygen atoms in total. The molecule has 0 amide bonds. The zero-order valence-electron chi connectivity index (χ0n) is 6.85. The molecule has 0 aliphatic heterocycles. The summed E-state index contributed by atoms with van der Waals surface area (Å²) >= 11 is 5.36. The van der Waals surface area contributed by atoms with Crippen LogP contribution in [-0.2, 0) is 4.79 Å². The number of halogens is 3. The molecule has 0 unspecified atom stereocenters. The van der Waals surface area contributed by atoms with Crippen LogP contribution in [0.2, 0.25) is 5.02 Å². The number of hydrogen-bond donors (Lipinski definition) is 1. The summed E-state index contributed by atoms with van der Waals surface area (Å²) in [6.45, 7) is 3.05. The van der Waals surface area contributed by atoms with Gasteiger partial charge in [-0.3, -0.25) is 0 Å². The van der Waals surface area contributed by atoms with E-state index in [0.717, 1.165) is 12.1 Å². The number of rotatable bonds is 2. The van der Waals surface area contributed by atoms with Crippen molar-refractivity contribution in [2.24, 2.45) is 0 Å². The van der Waals surface area contributed by atoms with E-state index in [1.807, 2.05) is 0 Å². The van der Waals surface area contributed by atoms with E-state index < -0.39 is 28.7 Å². The van der Waals surface area contributed by atoms with E-state index in [9.17, 15) is 13.6 Å². The van der Waals surface area contributed by atoms with Crippen LogP contribution in [0.5, 0.6) is 0 Å². The van der Waals surface area contributed by atoms with Crippen LogP contribution < -0.4 is 0 Å². The maximum absolute atomic E-state index is 13.2. The van der Waals surface area contributed by atoms with E-state index >= 15 is 0 Å². The van der Waals surface area contributed by atoms with Gasteiger partial charge in [0.15, 0.2) is 5.82 Å². The number of hydrogen-bond acceptors (Lipinski definition) is 1. The number of carboxylic acid groups (broad SMARTS) is 1. The second-order valence-electron chi connectivity index (χ2n) is 2.50. The van der Waals surface area contributed by atoms with Crippen molar-refractivity contribution in [3.63, 3.8) is 0 Å². The third kappa shape index (κ3) is 1.75. The van der Waals surface area contributed by atoms with Crippen LogP contribution in [0.3, 0.4) is 0 Å². The molecule has 0 aromatic heterocycles. The first-order valence-electron chi connectivity index (χ1n) is 3.51. The summed E-state index contributed by atoms with van der Waals surface area (Å²) in [5.74, 6) is -3.61. The Morgan fingerprint density at radius 1 is 1.43 bits per heavy atom. The number of benzene rings is 1. The molecule has 0 saturated heterocycles. The lowest BCUT2D eigenvalue weighted by atomic mass is 10.1. The molecule has 0 bridgehead atoms. The normalized spacial score (nSPS) is 9.93. The van der Waals surface area contributed by atoms with E-state index in [0.29, 0.717) is 0 Å². The molecule has 0 fully saturated rings. The fourth-order valence-corrected chi connectivity index (χ4v) is 1.07. The SMILES string of the molecule is C=C(C(=O)O)c1c(F)ccc(Cl)c1F. The molecule has 0 heterocycles. The van der Waals surface area contributed by atoms with Gasteiger partial charge in [0, 0.05) is 0 Å². The van der Waals surface area contributed by atoms with E-state index in [1.54, 1.807) is 0 Å². The minimum absolute atomic E-state index is 0.344. The number of aliphatic carboxylic acids is 1. The van der Waals surface area contributed by atoms with Gasteiger partial charge >= 0.3 is 5.97 Å². The zero-order chi connectivity index (χ0) is 10.9. The van der Waals surface area contributed by atoms with Gasteiger partial charge in [-0.1, -0.05) is 18.2 Å². The molecule has 5 heteroatoms.